The van der Waals surface area contributed by atoms with Gasteiger partial charge in [0.15, 0.2) is 0 Å². The molecule has 28 heavy (non-hydrogen) atoms. The highest BCUT2D eigenvalue weighted by Crippen LogP contribution is 2.31. The zero-order valence-corrected chi connectivity index (χ0v) is 15.9. The number of hydrogen-bond acceptors (Lipinski definition) is 5. The number of amides is 2. The van der Waals surface area contributed by atoms with Gasteiger partial charge in [0.1, 0.15) is 0 Å². The minimum Gasteiger partial charge on any atom is -0.462 e. The van der Waals surface area contributed by atoms with Gasteiger partial charge in [-0.25, -0.2) is 4.79 Å². The topological polar surface area (TPSA) is 87.7 Å². The first kappa shape index (κ1) is 19.4. The fourth-order valence-electron chi connectivity index (χ4n) is 3.17. The van der Waals surface area contributed by atoms with Crippen LogP contribution in [0.25, 0.3) is 0 Å². The van der Waals surface area contributed by atoms with E-state index in [2.05, 4.69) is 10.6 Å². The largest absolute Gasteiger partial charge is 0.462 e. The third kappa shape index (κ3) is 4.31. The van der Waals surface area contributed by atoms with Crippen molar-refractivity contribution in [3.8, 4) is 0 Å². The Labute approximate surface area is 163 Å². The van der Waals surface area contributed by atoms with Crippen molar-refractivity contribution in [2.45, 2.75) is 26.3 Å². The Morgan fingerprint density at radius 1 is 1.18 bits per heavy atom. The molecule has 2 amide bonds. The molecular weight excluding hydrogens is 358 g/mol. The van der Waals surface area contributed by atoms with Crippen molar-refractivity contribution in [1.82, 2.24) is 0 Å². The molecule has 7 heteroatoms. The smallest absolute Gasteiger partial charge is 0.338 e. The molecule has 0 bridgehead atoms. The highest BCUT2D eigenvalue weighted by molar-refractivity contribution is 6.05. The second-order valence-corrected chi connectivity index (χ2v) is 6.53. The van der Waals surface area contributed by atoms with Crippen LogP contribution in [-0.2, 0) is 14.3 Å². The van der Waals surface area contributed by atoms with Crippen LogP contribution in [0.1, 0.15) is 30.6 Å². The van der Waals surface area contributed by atoms with Crippen LogP contribution in [0.15, 0.2) is 48.5 Å². The van der Waals surface area contributed by atoms with Gasteiger partial charge in [0.25, 0.3) is 0 Å². The van der Waals surface area contributed by atoms with Crippen molar-refractivity contribution < 1.29 is 19.1 Å². The zero-order chi connectivity index (χ0) is 20.1. The fraction of sp³-hybridized carbons (Fsp3) is 0.286. The standard InChI is InChI=1S/C21H23N3O4/c1-3-28-21(27)15-8-10-16(11-9-15)22-13-20(26)24-14(2)12-19(25)23-17-6-4-5-7-18(17)24/h4-11,14,22H,3,12-13H2,1-2H3,(H,23,25)/t14-/m1/s1. The molecule has 0 spiro atoms. The van der Waals surface area contributed by atoms with Crippen LogP contribution in [0.4, 0.5) is 17.1 Å². The van der Waals surface area contributed by atoms with Crippen LogP contribution in [-0.4, -0.2) is 37.0 Å². The van der Waals surface area contributed by atoms with Crippen LogP contribution in [0.3, 0.4) is 0 Å². The predicted octanol–water partition coefficient (Wildman–Crippen LogP) is 3.04. The Morgan fingerprint density at radius 2 is 1.89 bits per heavy atom. The Balaban J connectivity index is 1.70. The van der Waals surface area contributed by atoms with E-state index in [1.54, 1.807) is 42.2 Å². The first-order chi connectivity index (χ1) is 13.5. The average molecular weight is 381 g/mol. The summed E-state index contributed by atoms with van der Waals surface area (Å²) in [5.41, 5.74) is 2.49. The zero-order valence-electron chi connectivity index (χ0n) is 15.9. The van der Waals surface area contributed by atoms with Crippen molar-refractivity contribution in [1.29, 1.82) is 0 Å². The first-order valence-electron chi connectivity index (χ1n) is 9.21. The van der Waals surface area contributed by atoms with Gasteiger partial charge in [-0.2, -0.15) is 0 Å². The molecule has 0 radical (unpaired) electrons. The Bertz CT molecular complexity index is 879. The molecule has 0 saturated heterocycles. The summed E-state index contributed by atoms with van der Waals surface area (Å²) < 4.78 is 4.96. The molecular formula is C21H23N3O4. The third-order valence-electron chi connectivity index (χ3n) is 4.47. The summed E-state index contributed by atoms with van der Waals surface area (Å²) >= 11 is 0. The number of carbonyl (C=O) groups excluding carboxylic acids is 3. The van der Waals surface area contributed by atoms with Crippen LogP contribution in [0, 0.1) is 0 Å². The summed E-state index contributed by atoms with van der Waals surface area (Å²) in [6, 6.07) is 13.8. The van der Waals surface area contributed by atoms with E-state index in [-0.39, 0.29) is 36.8 Å². The monoisotopic (exact) mass is 381 g/mol. The normalized spacial score (nSPS) is 15.9. The summed E-state index contributed by atoms with van der Waals surface area (Å²) in [5, 5.41) is 5.92. The lowest BCUT2D eigenvalue weighted by Gasteiger charge is -2.28. The number of esters is 1. The van der Waals surface area contributed by atoms with Crippen LogP contribution < -0.4 is 15.5 Å². The first-order valence-corrected chi connectivity index (χ1v) is 9.21. The quantitative estimate of drug-likeness (QED) is 0.778. The predicted molar refractivity (Wildman–Crippen MR) is 108 cm³/mol. The molecule has 2 aromatic rings. The number of nitrogens with zero attached hydrogens (tertiary/aromatic N) is 1. The van der Waals surface area contributed by atoms with E-state index in [0.717, 1.165) is 0 Å². The molecule has 2 aromatic carbocycles. The lowest BCUT2D eigenvalue weighted by atomic mass is 10.1. The Hall–Kier alpha value is -3.35. The maximum atomic E-state index is 12.9. The summed E-state index contributed by atoms with van der Waals surface area (Å²) in [5.74, 6) is -0.638. The van der Waals surface area contributed by atoms with Gasteiger partial charge in [-0.05, 0) is 50.2 Å². The Kier molecular flexibility index (Phi) is 5.93. The van der Waals surface area contributed by atoms with Crippen molar-refractivity contribution in [2.24, 2.45) is 0 Å². The SMILES string of the molecule is CCOC(=O)c1ccc(NCC(=O)N2c3ccccc3NC(=O)C[C@H]2C)cc1. The van der Waals surface area contributed by atoms with Gasteiger partial charge in [0, 0.05) is 18.2 Å². The van der Waals surface area contributed by atoms with Gasteiger partial charge in [0.2, 0.25) is 11.8 Å². The second-order valence-electron chi connectivity index (χ2n) is 6.53. The Morgan fingerprint density at radius 3 is 2.61 bits per heavy atom. The molecule has 7 nitrogen and oxygen atoms in total. The number of ether oxygens (including phenoxy) is 1. The molecule has 0 unspecified atom stereocenters. The number of nitrogens with one attached hydrogen (secondary N) is 2. The maximum Gasteiger partial charge on any atom is 0.338 e. The molecule has 146 valence electrons. The van der Waals surface area contributed by atoms with Gasteiger partial charge in [-0.3, -0.25) is 9.59 Å². The molecule has 1 atom stereocenters. The van der Waals surface area contributed by atoms with Crippen LogP contribution >= 0.6 is 0 Å². The highest BCUT2D eigenvalue weighted by atomic mass is 16.5. The van der Waals surface area contributed by atoms with Crippen molar-refractivity contribution in [3.05, 3.63) is 54.1 Å². The van der Waals surface area contributed by atoms with E-state index in [4.69, 9.17) is 4.74 Å². The lowest BCUT2D eigenvalue weighted by molar-refractivity contribution is -0.118. The number of benzene rings is 2. The molecule has 1 heterocycles. The van der Waals surface area contributed by atoms with Crippen LogP contribution in [0.2, 0.25) is 0 Å². The number of carbonyl (C=O) groups is 3. The minimum absolute atomic E-state index is 0.0611. The van der Waals surface area contributed by atoms with Gasteiger partial charge < -0.3 is 20.3 Å². The van der Waals surface area contributed by atoms with Crippen molar-refractivity contribution in [2.75, 3.05) is 28.7 Å². The number of para-hydroxylation sites is 2. The molecule has 2 N–H and O–H groups in total. The van der Waals surface area contributed by atoms with E-state index < -0.39 is 0 Å². The molecule has 0 aliphatic carbocycles. The molecule has 1 aliphatic rings. The molecule has 0 aromatic heterocycles. The van der Waals surface area contributed by atoms with E-state index in [1.807, 2.05) is 25.1 Å². The molecule has 1 aliphatic heterocycles. The number of hydrogen-bond donors (Lipinski definition) is 2. The molecule has 0 saturated carbocycles. The van der Waals surface area contributed by atoms with Crippen molar-refractivity contribution >= 4 is 34.8 Å². The summed E-state index contributed by atoms with van der Waals surface area (Å²) in [6.45, 7) is 3.99. The number of anilines is 3. The van der Waals surface area contributed by atoms with Crippen LogP contribution in [0.5, 0.6) is 0 Å². The van der Waals surface area contributed by atoms with E-state index in [9.17, 15) is 14.4 Å². The molecule has 0 fully saturated rings. The van der Waals surface area contributed by atoms with E-state index >= 15 is 0 Å². The lowest BCUT2D eigenvalue weighted by Crippen LogP contribution is -2.42. The summed E-state index contributed by atoms with van der Waals surface area (Å²) in [7, 11) is 0. The minimum atomic E-state index is -0.378. The van der Waals surface area contributed by atoms with Gasteiger partial charge in [-0.15, -0.1) is 0 Å². The fourth-order valence-corrected chi connectivity index (χ4v) is 3.17. The third-order valence-corrected chi connectivity index (χ3v) is 4.47. The van der Waals surface area contributed by atoms with Gasteiger partial charge >= 0.3 is 5.97 Å². The number of rotatable bonds is 5. The van der Waals surface area contributed by atoms with Gasteiger partial charge in [-0.1, -0.05) is 12.1 Å². The highest BCUT2D eigenvalue weighted by Gasteiger charge is 2.29. The molecule has 3 rings (SSSR count). The van der Waals surface area contributed by atoms with Crippen molar-refractivity contribution in [3.63, 3.8) is 0 Å². The number of fused-ring (bicyclic) bond motifs is 1. The summed E-state index contributed by atoms with van der Waals surface area (Å²) in [6.07, 6.45) is 0.231. The van der Waals surface area contributed by atoms with Gasteiger partial charge in [0.05, 0.1) is 30.1 Å². The van der Waals surface area contributed by atoms with E-state index in [1.165, 1.54) is 0 Å². The maximum absolute atomic E-state index is 12.9. The average Bonchev–Trinajstić information content (AvgIpc) is 2.81. The summed E-state index contributed by atoms with van der Waals surface area (Å²) in [4.78, 5) is 38.3. The second kappa shape index (κ2) is 8.56. The van der Waals surface area contributed by atoms with E-state index in [0.29, 0.717) is 29.2 Å².